The fourth-order valence-electron chi connectivity index (χ4n) is 3.28. The Morgan fingerprint density at radius 2 is 2.32 bits per heavy atom. The third-order valence-electron chi connectivity index (χ3n) is 4.98. The number of oxime groups is 1. The molecule has 4 N–H and O–H groups in total. The first-order valence-corrected chi connectivity index (χ1v) is 13.3. The Labute approximate surface area is 209 Å². The van der Waals surface area contributed by atoms with Crippen molar-refractivity contribution in [1.29, 1.82) is 0 Å². The minimum Gasteiger partial charge on any atom is -0.481 e. The largest absolute Gasteiger partial charge is 0.481 e. The molecule has 0 spiro atoms. The number of thioether (sulfide) groups is 2. The number of rotatable bonds is 9. The number of hydrogen-bond donors (Lipinski definition) is 3. The third kappa shape index (κ3) is 4.82. The minimum atomic E-state index is -1.14. The van der Waals surface area contributed by atoms with Crippen LogP contribution in [0.1, 0.15) is 5.69 Å². The van der Waals surface area contributed by atoms with Gasteiger partial charge in [0, 0.05) is 23.4 Å². The lowest BCUT2D eigenvalue weighted by Crippen LogP contribution is -2.74. The lowest BCUT2D eigenvalue weighted by molar-refractivity contribution is -0.157. The van der Waals surface area contributed by atoms with Crippen LogP contribution in [0.4, 0.5) is 5.13 Å². The molecule has 178 valence electrons. The second-order valence-electron chi connectivity index (χ2n) is 7.19. The molecule has 2 aliphatic heterocycles. The Bertz CT molecular complexity index is 1160. The van der Waals surface area contributed by atoms with Crippen LogP contribution in [0.3, 0.4) is 0 Å². The molecule has 2 amide bonds. The zero-order valence-electron chi connectivity index (χ0n) is 17.2. The Kier molecular flexibility index (Phi) is 7.26. The lowest BCUT2D eigenvalue weighted by atomic mass is 9.89. The third-order valence-corrected chi connectivity index (χ3v) is 9.39. The summed E-state index contributed by atoms with van der Waals surface area (Å²) in [7, 11) is 0. The number of nitrogens with one attached hydrogen (secondary N) is 1. The summed E-state index contributed by atoms with van der Waals surface area (Å²) >= 11 is 5.04. The van der Waals surface area contributed by atoms with Gasteiger partial charge >= 0.3 is 5.97 Å². The van der Waals surface area contributed by atoms with E-state index in [4.69, 9.17) is 17.0 Å². The monoisotopic (exact) mass is 539 g/mol. The van der Waals surface area contributed by atoms with Crippen LogP contribution in [-0.2, 0) is 19.2 Å². The number of aliphatic carboxylic acids is 1. The number of terminal acetylenes is 1. The number of aromatic nitrogens is 3. The topological polar surface area (TPSA) is 173 Å². The van der Waals surface area contributed by atoms with Crippen LogP contribution in [0.25, 0.3) is 0 Å². The minimum absolute atomic E-state index is 0.0336. The molecule has 2 unspecified atom stereocenters. The van der Waals surface area contributed by atoms with E-state index in [2.05, 4.69) is 31.6 Å². The summed E-state index contributed by atoms with van der Waals surface area (Å²) in [6.45, 7) is -0.122. The Hall–Kier alpha value is -2.87. The van der Waals surface area contributed by atoms with E-state index >= 15 is 0 Å². The average Bonchev–Trinajstić information content (AvgIpc) is 3.50. The molecule has 34 heavy (non-hydrogen) atoms. The Morgan fingerprint density at radius 1 is 1.50 bits per heavy atom. The SMILES string of the molecule is C#CCON=C(C(=O)NC1C(=O)N2CC(CSc3nncs3)(C(=O)O)CS[C@H]12)c1csc(N)n1. The number of carboxylic acid groups (broad SMARTS) is 1. The lowest BCUT2D eigenvalue weighted by Gasteiger charge is -2.53. The summed E-state index contributed by atoms with van der Waals surface area (Å²) in [6.07, 6.45) is 5.15. The summed E-state index contributed by atoms with van der Waals surface area (Å²) in [5.41, 5.74) is 6.11. The van der Waals surface area contributed by atoms with Gasteiger partial charge in [-0.3, -0.25) is 14.4 Å². The second kappa shape index (κ2) is 10.2. The molecular formula is C18H17N7O5S4. The van der Waals surface area contributed by atoms with Gasteiger partial charge in [-0.05, 0) is 0 Å². The number of β-lactam (4-membered cyclic amide) rings is 1. The highest BCUT2D eigenvalue weighted by Gasteiger charge is 2.57. The number of thiazole rings is 1. The van der Waals surface area contributed by atoms with Crippen LogP contribution in [0.5, 0.6) is 0 Å². The fraction of sp³-hybridized carbons (Fsp3) is 0.389. The maximum Gasteiger partial charge on any atom is 0.313 e. The van der Waals surface area contributed by atoms with Crippen molar-refractivity contribution in [3.63, 3.8) is 0 Å². The normalized spacial score (nSPS) is 24.0. The van der Waals surface area contributed by atoms with E-state index in [1.54, 1.807) is 5.51 Å². The van der Waals surface area contributed by atoms with Crippen molar-refractivity contribution in [2.75, 3.05) is 30.4 Å². The van der Waals surface area contributed by atoms with Gasteiger partial charge in [-0.15, -0.1) is 39.7 Å². The highest BCUT2D eigenvalue weighted by molar-refractivity contribution is 8.01. The van der Waals surface area contributed by atoms with Crippen LogP contribution in [0, 0.1) is 17.8 Å². The number of amides is 2. The van der Waals surface area contributed by atoms with Gasteiger partial charge in [0.1, 0.15) is 28.0 Å². The first-order valence-electron chi connectivity index (χ1n) is 9.55. The molecule has 3 atom stereocenters. The van der Waals surface area contributed by atoms with E-state index in [1.807, 2.05) is 0 Å². The summed E-state index contributed by atoms with van der Waals surface area (Å²) in [4.78, 5) is 48.3. The van der Waals surface area contributed by atoms with Crippen molar-refractivity contribution < 1.29 is 24.3 Å². The highest BCUT2D eigenvalue weighted by Crippen LogP contribution is 2.44. The van der Waals surface area contributed by atoms with Gasteiger partial charge in [0.15, 0.2) is 21.8 Å². The van der Waals surface area contributed by atoms with Gasteiger partial charge in [-0.2, -0.15) is 0 Å². The maximum absolute atomic E-state index is 12.9. The molecule has 2 aromatic heterocycles. The van der Waals surface area contributed by atoms with Crippen molar-refractivity contribution >= 4 is 74.8 Å². The highest BCUT2D eigenvalue weighted by atomic mass is 32.2. The predicted molar refractivity (Wildman–Crippen MR) is 128 cm³/mol. The van der Waals surface area contributed by atoms with Crippen molar-refractivity contribution in [2.45, 2.75) is 15.8 Å². The van der Waals surface area contributed by atoms with Gasteiger partial charge in [0.2, 0.25) is 5.91 Å². The average molecular weight is 540 g/mol. The summed E-state index contributed by atoms with van der Waals surface area (Å²) in [5, 5.41) is 25.4. The number of carboxylic acids is 1. The quantitative estimate of drug-likeness (QED) is 0.0991. The molecular weight excluding hydrogens is 523 g/mol. The van der Waals surface area contributed by atoms with Crippen LogP contribution in [0.2, 0.25) is 0 Å². The first-order chi connectivity index (χ1) is 16.3. The van der Waals surface area contributed by atoms with Gasteiger partial charge < -0.3 is 25.9 Å². The molecule has 0 aromatic carbocycles. The van der Waals surface area contributed by atoms with Crippen LogP contribution in [-0.4, -0.2) is 84.8 Å². The number of nitrogen functional groups attached to an aromatic ring is 1. The van der Waals surface area contributed by atoms with E-state index in [1.165, 1.54) is 45.1 Å². The number of carbonyl (C=O) groups excluding carboxylic acids is 2. The standard InChI is InChI=1S/C18H17N7O5S4/c1-2-3-30-24-10(9-4-31-16(19)21-9)12(26)22-11-13(27)25-5-18(15(28)29,6-32-14(11)25)7-33-17-23-20-8-34-17/h1,4,8,11,14H,3,5-7H2,(H2,19,21)(H,22,26)(H,28,29)/t11?,14-,18?/m1/s1. The number of fused-ring (bicyclic) bond motifs is 1. The number of nitrogens with two attached hydrogens (primary N) is 1. The fourth-order valence-corrected chi connectivity index (χ4v) is 7.17. The predicted octanol–water partition coefficient (Wildman–Crippen LogP) is 0.194. The second-order valence-corrected chi connectivity index (χ2v) is 11.2. The molecule has 0 saturated carbocycles. The molecule has 4 heterocycles. The van der Waals surface area contributed by atoms with Crippen LogP contribution < -0.4 is 11.1 Å². The van der Waals surface area contributed by atoms with Crippen molar-refractivity contribution in [3.05, 3.63) is 16.6 Å². The van der Waals surface area contributed by atoms with E-state index in [9.17, 15) is 19.5 Å². The van der Waals surface area contributed by atoms with Crippen molar-refractivity contribution in [2.24, 2.45) is 10.6 Å². The Balaban J connectivity index is 1.43. The number of anilines is 1. The number of carbonyl (C=O) groups is 3. The van der Waals surface area contributed by atoms with Crippen LogP contribution in [0.15, 0.2) is 20.4 Å². The number of nitrogens with zero attached hydrogens (tertiary/aromatic N) is 5. The molecule has 2 saturated heterocycles. The summed E-state index contributed by atoms with van der Waals surface area (Å²) < 4.78 is 0.661. The summed E-state index contributed by atoms with van der Waals surface area (Å²) in [5.74, 6) is 0.705. The van der Waals surface area contributed by atoms with Crippen molar-refractivity contribution in [3.8, 4) is 12.3 Å². The molecule has 0 bridgehead atoms. The summed E-state index contributed by atoms with van der Waals surface area (Å²) in [6, 6.07) is -0.839. The van der Waals surface area contributed by atoms with Crippen molar-refractivity contribution in [1.82, 2.24) is 25.4 Å². The van der Waals surface area contributed by atoms with Gasteiger partial charge in [-0.25, -0.2) is 4.98 Å². The van der Waals surface area contributed by atoms with Gasteiger partial charge in [-0.1, -0.05) is 34.2 Å². The molecule has 16 heteroatoms. The molecule has 0 aliphatic carbocycles. The molecule has 0 radical (unpaired) electrons. The van der Waals surface area contributed by atoms with E-state index in [-0.39, 0.29) is 47.1 Å². The molecule has 12 nitrogen and oxygen atoms in total. The van der Waals surface area contributed by atoms with Gasteiger partial charge in [0.05, 0.1) is 0 Å². The first kappa shape index (κ1) is 24.3. The molecule has 4 rings (SSSR count). The van der Waals surface area contributed by atoms with Crippen LogP contribution >= 0.6 is 46.2 Å². The Morgan fingerprint density at radius 3 is 2.97 bits per heavy atom. The maximum atomic E-state index is 12.9. The molecule has 2 fully saturated rings. The molecule has 2 aromatic rings. The zero-order chi connectivity index (χ0) is 24.3. The van der Waals surface area contributed by atoms with Gasteiger partial charge in [0.25, 0.3) is 5.91 Å². The molecule has 2 aliphatic rings. The van der Waals surface area contributed by atoms with E-state index in [0.29, 0.717) is 4.34 Å². The van der Waals surface area contributed by atoms with E-state index in [0.717, 1.165) is 11.3 Å². The van der Waals surface area contributed by atoms with E-state index < -0.39 is 28.7 Å². The zero-order valence-corrected chi connectivity index (χ0v) is 20.5. The number of hydrogen-bond acceptors (Lipinski definition) is 13. The smallest absolute Gasteiger partial charge is 0.313 e.